The van der Waals surface area contributed by atoms with Gasteiger partial charge in [0.05, 0.1) is 49.5 Å². The number of aromatic nitrogens is 1. The number of rotatable bonds is 7. The van der Waals surface area contributed by atoms with E-state index >= 15 is 0 Å². The number of hydrogen-bond donors (Lipinski definition) is 1. The molecule has 1 aliphatic heterocycles. The molecule has 0 saturated carbocycles. The SMILES string of the molecule is COC(=O)C1=C(C)NC(SCc2cccnc2)=C(C#N)[C@@H]1c1ccc(OC)c(OC)c1. The van der Waals surface area contributed by atoms with Gasteiger partial charge in [-0.25, -0.2) is 4.79 Å². The molecule has 1 atom stereocenters. The third-order valence-electron chi connectivity index (χ3n) is 4.90. The lowest BCUT2D eigenvalue weighted by Gasteiger charge is -2.29. The molecule has 31 heavy (non-hydrogen) atoms. The van der Waals surface area contributed by atoms with Crippen molar-refractivity contribution in [3.8, 4) is 17.6 Å². The van der Waals surface area contributed by atoms with Crippen LogP contribution in [0.4, 0.5) is 0 Å². The van der Waals surface area contributed by atoms with Crippen molar-refractivity contribution >= 4 is 17.7 Å². The van der Waals surface area contributed by atoms with Crippen molar-refractivity contribution in [2.45, 2.75) is 18.6 Å². The highest BCUT2D eigenvalue weighted by molar-refractivity contribution is 8.02. The molecule has 8 heteroatoms. The van der Waals surface area contributed by atoms with Crippen LogP contribution in [0.1, 0.15) is 24.0 Å². The quantitative estimate of drug-likeness (QED) is 0.652. The second kappa shape index (κ2) is 10.0. The number of carbonyl (C=O) groups excluding carboxylic acids is 1. The molecule has 0 radical (unpaired) electrons. The monoisotopic (exact) mass is 437 g/mol. The Bertz CT molecular complexity index is 1070. The summed E-state index contributed by atoms with van der Waals surface area (Å²) in [7, 11) is 4.43. The van der Waals surface area contributed by atoms with E-state index in [2.05, 4.69) is 16.4 Å². The standard InChI is InChI=1S/C23H23N3O4S/c1-14-20(23(27)30-4)21(16-7-8-18(28-2)19(10-16)29-3)17(11-24)22(26-14)31-13-15-6-5-9-25-12-15/h5-10,12,21,26H,13H2,1-4H3/t21-/m0/s1. The van der Waals surface area contributed by atoms with E-state index in [1.807, 2.05) is 18.2 Å². The summed E-state index contributed by atoms with van der Waals surface area (Å²) < 4.78 is 15.8. The lowest BCUT2D eigenvalue weighted by atomic mass is 9.82. The first-order valence-electron chi connectivity index (χ1n) is 9.48. The number of nitrogens with zero attached hydrogens (tertiary/aromatic N) is 2. The number of esters is 1. The number of nitriles is 1. The smallest absolute Gasteiger partial charge is 0.336 e. The van der Waals surface area contributed by atoms with Crippen LogP contribution in [0, 0.1) is 11.3 Å². The Balaban J connectivity index is 2.08. The Kier molecular flexibility index (Phi) is 7.21. The molecular formula is C23H23N3O4S. The fraction of sp³-hybridized carbons (Fsp3) is 0.261. The molecule has 3 rings (SSSR count). The van der Waals surface area contributed by atoms with Crippen molar-refractivity contribution in [2.24, 2.45) is 0 Å². The second-order valence-corrected chi connectivity index (χ2v) is 7.69. The fourth-order valence-electron chi connectivity index (χ4n) is 3.41. The zero-order valence-electron chi connectivity index (χ0n) is 17.8. The number of pyridine rings is 1. The maximum atomic E-state index is 12.7. The first-order chi connectivity index (χ1) is 15.0. The van der Waals surface area contributed by atoms with Gasteiger partial charge in [-0.1, -0.05) is 12.1 Å². The number of carbonyl (C=O) groups is 1. The Labute approximate surface area is 185 Å². The summed E-state index contributed by atoms with van der Waals surface area (Å²) in [5.41, 5.74) is 3.22. The number of thioether (sulfide) groups is 1. The number of allylic oxidation sites excluding steroid dienone is 2. The van der Waals surface area contributed by atoms with Gasteiger partial charge < -0.3 is 19.5 Å². The highest BCUT2D eigenvalue weighted by Crippen LogP contribution is 2.43. The Morgan fingerprint density at radius 2 is 2.00 bits per heavy atom. The van der Waals surface area contributed by atoms with E-state index in [0.29, 0.717) is 39.1 Å². The molecule has 0 saturated heterocycles. The molecule has 0 spiro atoms. The van der Waals surface area contributed by atoms with Crippen LogP contribution < -0.4 is 14.8 Å². The Morgan fingerprint density at radius 3 is 2.61 bits per heavy atom. The summed E-state index contributed by atoms with van der Waals surface area (Å²) in [5.74, 6) is 0.612. The minimum absolute atomic E-state index is 0.386. The van der Waals surface area contributed by atoms with Gasteiger partial charge in [-0.15, -0.1) is 11.8 Å². The Hall–Kier alpha value is -3.44. The van der Waals surface area contributed by atoms with E-state index in [-0.39, 0.29) is 0 Å². The fourth-order valence-corrected chi connectivity index (χ4v) is 4.44. The van der Waals surface area contributed by atoms with Gasteiger partial charge in [-0.05, 0) is 36.2 Å². The average Bonchev–Trinajstić information content (AvgIpc) is 2.81. The van der Waals surface area contributed by atoms with Crippen LogP contribution in [-0.2, 0) is 15.3 Å². The van der Waals surface area contributed by atoms with Gasteiger partial charge in [0.2, 0.25) is 0 Å². The third kappa shape index (κ3) is 4.67. The highest BCUT2D eigenvalue weighted by atomic mass is 32.2. The van der Waals surface area contributed by atoms with Gasteiger partial charge in [0.25, 0.3) is 0 Å². The van der Waals surface area contributed by atoms with Crippen LogP contribution in [0.5, 0.6) is 11.5 Å². The zero-order chi connectivity index (χ0) is 22.4. The predicted octanol–water partition coefficient (Wildman–Crippen LogP) is 3.90. The summed E-state index contributed by atoms with van der Waals surface area (Å²) in [6, 6.07) is 11.5. The minimum Gasteiger partial charge on any atom is -0.493 e. The molecule has 1 N–H and O–H groups in total. The lowest BCUT2D eigenvalue weighted by Crippen LogP contribution is -2.28. The summed E-state index contributed by atoms with van der Waals surface area (Å²) in [5, 5.41) is 14.0. The van der Waals surface area contributed by atoms with Gasteiger partial charge >= 0.3 is 5.97 Å². The first kappa shape index (κ1) is 22.2. The molecule has 0 amide bonds. The number of methoxy groups -OCH3 is 3. The average molecular weight is 438 g/mol. The van der Waals surface area contributed by atoms with Gasteiger partial charge in [-0.2, -0.15) is 5.26 Å². The van der Waals surface area contributed by atoms with Crippen LogP contribution >= 0.6 is 11.8 Å². The number of benzene rings is 1. The number of dihydropyridines is 1. The maximum Gasteiger partial charge on any atom is 0.336 e. The number of hydrogen-bond acceptors (Lipinski definition) is 8. The van der Waals surface area contributed by atoms with E-state index in [1.54, 1.807) is 45.7 Å². The highest BCUT2D eigenvalue weighted by Gasteiger charge is 2.35. The van der Waals surface area contributed by atoms with E-state index in [1.165, 1.54) is 18.9 Å². The second-order valence-electron chi connectivity index (χ2n) is 6.71. The van der Waals surface area contributed by atoms with Gasteiger partial charge in [0.15, 0.2) is 11.5 Å². The molecule has 0 unspecified atom stereocenters. The van der Waals surface area contributed by atoms with Crippen molar-refractivity contribution in [3.63, 3.8) is 0 Å². The molecule has 0 bridgehead atoms. The molecule has 2 heterocycles. The predicted molar refractivity (Wildman–Crippen MR) is 118 cm³/mol. The molecule has 0 fully saturated rings. The molecule has 1 aromatic carbocycles. The van der Waals surface area contributed by atoms with Crippen molar-refractivity contribution in [1.29, 1.82) is 5.26 Å². The zero-order valence-corrected chi connectivity index (χ0v) is 18.6. The largest absolute Gasteiger partial charge is 0.493 e. The molecule has 1 aromatic heterocycles. The molecular weight excluding hydrogens is 414 g/mol. The van der Waals surface area contributed by atoms with Gasteiger partial charge in [-0.3, -0.25) is 4.98 Å². The van der Waals surface area contributed by atoms with Crippen molar-refractivity contribution < 1.29 is 19.0 Å². The van der Waals surface area contributed by atoms with Crippen LogP contribution in [0.15, 0.2) is 64.6 Å². The minimum atomic E-state index is -0.602. The van der Waals surface area contributed by atoms with Crippen molar-refractivity contribution in [2.75, 3.05) is 21.3 Å². The molecule has 0 aliphatic carbocycles. The van der Waals surface area contributed by atoms with E-state index in [0.717, 1.165) is 11.1 Å². The third-order valence-corrected chi connectivity index (χ3v) is 5.99. The molecule has 160 valence electrons. The Morgan fingerprint density at radius 1 is 1.23 bits per heavy atom. The van der Waals surface area contributed by atoms with Crippen LogP contribution in [0.3, 0.4) is 0 Å². The van der Waals surface area contributed by atoms with Crippen molar-refractivity contribution in [3.05, 3.63) is 75.7 Å². The van der Waals surface area contributed by atoms with Crippen LogP contribution in [-0.4, -0.2) is 32.3 Å². The van der Waals surface area contributed by atoms with Gasteiger partial charge in [0.1, 0.15) is 0 Å². The van der Waals surface area contributed by atoms with Crippen LogP contribution in [0.2, 0.25) is 0 Å². The summed E-state index contributed by atoms with van der Waals surface area (Å²) in [6.07, 6.45) is 3.51. The van der Waals surface area contributed by atoms with E-state index in [9.17, 15) is 10.1 Å². The summed E-state index contributed by atoms with van der Waals surface area (Å²) >= 11 is 1.49. The van der Waals surface area contributed by atoms with Gasteiger partial charge in [0, 0.05) is 23.8 Å². The maximum absolute atomic E-state index is 12.7. The molecule has 2 aromatic rings. The molecule has 1 aliphatic rings. The summed E-state index contributed by atoms with van der Waals surface area (Å²) in [4.78, 5) is 16.8. The lowest BCUT2D eigenvalue weighted by molar-refractivity contribution is -0.136. The summed E-state index contributed by atoms with van der Waals surface area (Å²) in [6.45, 7) is 1.80. The van der Waals surface area contributed by atoms with Crippen LogP contribution in [0.25, 0.3) is 0 Å². The molecule has 7 nitrogen and oxygen atoms in total. The topological polar surface area (TPSA) is 93.5 Å². The van der Waals surface area contributed by atoms with E-state index in [4.69, 9.17) is 14.2 Å². The van der Waals surface area contributed by atoms with Crippen molar-refractivity contribution in [1.82, 2.24) is 10.3 Å². The van der Waals surface area contributed by atoms with E-state index < -0.39 is 11.9 Å². The normalized spacial score (nSPS) is 15.8. The first-order valence-corrected chi connectivity index (χ1v) is 10.5. The number of nitrogens with one attached hydrogen (secondary N) is 1. The number of ether oxygens (including phenoxy) is 3.